The number of halogens is 1. The van der Waals surface area contributed by atoms with E-state index in [-0.39, 0.29) is 22.2 Å². The van der Waals surface area contributed by atoms with Crippen molar-refractivity contribution in [1.82, 2.24) is 15.4 Å². The molecule has 0 aliphatic rings. The molecule has 1 amide bonds. The highest BCUT2D eigenvalue weighted by Gasteiger charge is 2.25. The van der Waals surface area contributed by atoms with Crippen LogP contribution in [0.4, 0.5) is 28.7 Å². The zero-order chi connectivity index (χ0) is 24.0. The van der Waals surface area contributed by atoms with Crippen molar-refractivity contribution in [2.75, 3.05) is 17.3 Å². The molecule has 3 rings (SSSR count). The second kappa shape index (κ2) is 10.2. The van der Waals surface area contributed by atoms with Crippen molar-refractivity contribution in [3.63, 3.8) is 0 Å². The molecule has 1 heterocycles. The molecule has 0 radical (unpaired) electrons. The SMILES string of the molecule is CCOc1ccccc1Nc1ncnc(NNC(=O)c2ccc(Cl)c([N+](=O)[O-])c2)c1[N+](=O)[O-]. The largest absolute Gasteiger partial charge is 0.492 e. The number of aromatic nitrogens is 2. The van der Waals surface area contributed by atoms with E-state index in [0.29, 0.717) is 18.0 Å². The summed E-state index contributed by atoms with van der Waals surface area (Å²) in [5.74, 6) is -0.817. The number of hydrogen-bond donors (Lipinski definition) is 3. The highest BCUT2D eigenvalue weighted by Crippen LogP contribution is 2.34. The van der Waals surface area contributed by atoms with Gasteiger partial charge in [0, 0.05) is 11.6 Å². The van der Waals surface area contributed by atoms with Gasteiger partial charge < -0.3 is 10.1 Å². The second-order valence-corrected chi connectivity index (χ2v) is 6.64. The standard InChI is InChI=1S/C19H16ClN7O6/c1-2-33-15-6-4-3-5-13(15)23-17-16(27(31)32)18(22-10-21-17)24-25-19(28)11-7-8-12(20)14(9-11)26(29)30/h3-10H,2H2,1H3,(H,25,28)(H2,21,22,23,24). The van der Waals surface area contributed by atoms with Crippen LogP contribution in [0.5, 0.6) is 5.75 Å². The van der Waals surface area contributed by atoms with Gasteiger partial charge in [-0.1, -0.05) is 23.7 Å². The Morgan fingerprint density at radius 1 is 1.09 bits per heavy atom. The lowest BCUT2D eigenvalue weighted by Crippen LogP contribution is -2.30. The van der Waals surface area contributed by atoms with Crippen molar-refractivity contribution in [2.45, 2.75) is 6.92 Å². The molecule has 1 aromatic heterocycles. The molecule has 33 heavy (non-hydrogen) atoms. The van der Waals surface area contributed by atoms with Crippen LogP contribution in [0.25, 0.3) is 0 Å². The van der Waals surface area contributed by atoms with Crippen LogP contribution in [0.1, 0.15) is 17.3 Å². The number of nitro benzene ring substituents is 1. The molecular weight excluding hydrogens is 458 g/mol. The van der Waals surface area contributed by atoms with Gasteiger partial charge in [-0.25, -0.2) is 9.97 Å². The van der Waals surface area contributed by atoms with Gasteiger partial charge in [0.2, 0.25) is 11.6 Å². The molecule has 0 aliphatic heterocycles. The van der Waals surface area contributed by atoms with Crippen LogP contribution in [0.2, 0.25) is 5.02 Å². The minimum Gasteiger partial charge on any atom is -0.492 e. The summed E-state index contributed by atoms with van der Waals surface area (Å²) in [4.78, 5) is 41.4. The van der Waals surface area contributed by atoms with Crippen molar-refractivity contribution in [1.29, 1.82) is 0 Å². The number of carbonyl (C=O) groups excluding carboxylic acids is 1. The Balaban J connectivity index is 1.85. The Bertz CT molecular complexity index is 1220. The zero-order valence-electron chi connectivity index (χ0n) is 16.9. The summed E-state index contributed by atoms with van der Waals surface area (Å²) in [7, 11) is 0. The van der Waals surface area contributed by atoms with Crippen LogP contribution in [-0.2, 0) is 0 Å². The quantitative estimate of drug-likeness (QED) is 0.305. The average molecular weight is 474 g/mol. The number of rotatable bonds is 9. The van der Waals surface area contributed by atoms with Gasteiger partial charge in [0.1, 0.15) is 17.1 Å². The van der Waals surface area contributed by atoms with Crippen molar-refractivity contribution < 1.29 is 19.4 Å². The first-order valence-corrected chi connectivity index (χ1v) is 9.68. The molecule has 13 nitrogen and oxygen atoms in total. The highest BCUT2D eigenvalue weighted by atomic mass is 35.5. The molecule has 0 spiro atoms. The van der Waals surface area contributed by atoms with E-state index in [1.165, 1.54) is 12.1 Å². The molecule has 3 aromatic rings. The lowest BCUT2D eigenvalue weighted by atomic mass is 10.2. The molecule has 0 saturated heterocycles. The number of anilines is 3. The Morgan fingerprint density at radius 2 is 1.82 bits per heavy atom. The number of nitro groups is 2. The highest BCUT2D eigenvalue weighted by molar-refractivity contribution is 6.32. The van der Waals surface area contributed by atoms with Crippen molar-refractivity contribution >= 4 is 46.2 Å². The number of carbonyl (C=O) groups is 1. The molecule has 0 bridgehead atoms. The minimum atomic E-state index is -0.807. The molecule has 2 aromatic carbocycles. The minimum absolute atomic E-state index is 0.0979. The number of para-hydroxylation sites is 2. The topological polar surface area (TPSA) is 174 Å². The smallest absolute Gasteiger partial charge is 0.355 e. The van der Waals surface area contributed by atoms with Crippen LogP contribution >= 0.6 is 11.6 Å². The third-order valence-electron chi connectivity index (χ3n) is 4.14. The zero-order valence-corrected chi connectivity index (χ0v) is 17.7. The molecule has 0 atom stereocenters. The van der Waals surface area contributed by atoms with E-state index in [2.05, 4.69) is 26.1 Å². The van der Waals surface area contributed by atoms with Gasteiger partial charge in [-0.05, 0) is 31.2 Å². The van der Waals surface area contributed by atoms with Crippen molar-refractivity contribution in [2.24, 2.45) is 0 Å². The fourth-order valence-electron chi connectivity index (χ4n) is 2.70. The van der Waals surface area contributed by atoms with Crippen LogP contribution in [0.15, 0.2) is 48.8 Å². The lowest BCUT2D eigenvalue weighted by molar-refractivity contribution is -0.384. The average Bonchev–Trinajstić information content (AvgIpc) is 2.79. The molecule has 3 N–H and O–H groups in total. The van der Waals surface area contributed by atoms with Crippen LogP contribution in [-0.4, -0.2) is 32.3 Å². The summed E-state index contributed by atoms with van der Waals surface area (Å²) in [6, 6.07) is 10.2. The first-order chi connectivity index (χ1) is 15.8. The van der Waals surface area contributed by atoms with E-state index >= 15 is 0 Å². The first kappa shape index (κ1) is 23.1. The Labute approximate surface area is 191 Å². The van der Waals surface area contributed by atoms with Gasteiger partial charge in [0.25, 0.3) is 11.6 Å². The first-order valence-electron chi connectivity index (χ1n) is 9.30. The summed E-state index contributed by atoms with van der Waals surface area (Å²) in [6.45, 7) is 2.18. The molecule has 0 saturated carbocycles. The van der Waals surface area contributed by atoms with E-state index in [4.69, 9.17) is 16.3 Å². The number of benzene rings is 2. The predicted octanol–water partition coefficient (Wildman–Crippen LogP) is 3.85. The maximum absolute atomic E-state index is 12.4. The predicted molar refractivity (Wildman–Crippen MR) is 119 cm³/mol. The summed E-state index contributed by atoms with van der Waals surface area (Å²) in [6.07, 6.45) is 1.06. The van der Waals surface area contributed by atoms with Crippen molar-refractivity contribution in [3.8, 4) is 5.75 Å². The Kier molecular flexibility index (Phi) is 7.15. The molecule has 170 valence electrons. The number of nitrogens with one attached hydrogen (secondary N) is 3. The third-order valence-corrected chi connectivity index (χ3v) is 4.46. The number of amides is 1. The summed E-state index contributed by atoms with van der Waals surface area (Å²) < 4.78 is 5.50. The molecule has 0 fully saturated rings. The second-order valence-electron chi connectivity index (χ2n) is 6.23. The fourth-order valence-corrected chi connectivity index (χ4v) is 2.88. The molecule has 14 heteroatoms. The van der Waals surface area contributed by atoms with Gasteiger partial charge in [-0.15, -0.1) is 0 Å². The Hall–Kier alpha value is -4.52. The summed E-state index contributed by atoms with van der Waals surface area (Å²) in [5.41, 5.74) is 3.90. The van der Waals surface area contributed by atoms with Gasteiger partial charge in [-0.3, -0.25) is 35.9 Å². The van der Waals surface area contributed by atoms with Gasteiger partial charge >= 0.3 is 5.69 Å². The van der Waals surface area contributed by atoms with E-state index in [1.807, 2.05) is 0 Å². The van der Waals surface area contributed by atoms with E-state index in [9.17, 15) is 25.0 Å². The number of hydrazine groups is 1. The molecule has 0 unspecified atom stereocenters. The number of ether oxygens (including phenoxy) is 1. The normalized spacial score (nSPS) is 10.2. The van der Waals surface area contributed by atoms with Gasteiger partial charge in [0.05, 0.1) is 22.1 Å². The summed E-state index contributed by atoms with van der Waals surface area (Å²) in [5, 5.41) is 25.4. The monoisotopic (exact) mass is 473 g/mol. The van der Waals surface area contributed by atoms with Gasteiger partial charge in [-0.2, -0.15) is 0 Å². The van der Waals surface area contributed by atoms with Crippen LogP contribution < -0.4 is 20.9 Å². The Morgan fingerprint density at radius 3 is 2.52 bits per heavy atom. The number of nitrogens with zero attached hydrogens (tertiary/aromatic N) is 4. The fraction of sp³-hybridized carbons (Fsp3) is 0.105. The van der Waals surface area contributed by atoms with E-state index < -0.39 is 27.1 Å². The van der Waals surface area contributed by atoms with Crippen LogP contribution in [0, 0.1) is 20.2 Å². The van der Waals surface area contributed by atoms with Crippen LogP contribution in [0.3, 0.4) is 0 Å². The number of hydrogen-bond acceptors (Lipinski definition) is 10. The van der Waals surface area contributed by atoms with Crippen molar-refractivity contribution in [3.05, 3.63) is 79.6 Å². The van der Waals surface area contributed by atoms with Gasteiger partial charge in [0.15, 0.2) is 0 Å². The van der Waals surface area contributed by atoms with E-state index in [1.54, 1.807) is 31.2 Å². The third kappa shape index (κ3) is 5.40. The van der Waals surface area contributed by atoms with E-state index in [0.717, 1.165) is 12.4 Å². The molecular formula is C19H16ClN7O6. The summed E-state index contributed by atoms with van der Waals surface area (Å²) >= 11 is 5.74. The lowest BCUT2D eigenvalue weighted by Gasteiger charge is -2.13. The molecule has 0 aliphatic carbocycles. The maximum Gasteiger partial charge on any atom is 0.355 e. The maximum atomic E-state index is 12.4.